The summed E-state index contributed by atoms with van der Waals surface area (Å²) in [7, 11) is 0. The molecule has 0 aliphatic carbocycles. The molecule has 0 spiro atoms. The first-order chi connectivity index (χ1) is 8.95. The fourth-order valence-corrected chi connectivity index (χ4v) is 1.91. The van der Waals surface area contributed by atoms with Gasteiger partial charge in [-0.05, 0) is 39.5 Å². The summed E-state index contributed by atoms with van der Waals surface area (Å²) in [6.07, 6.45) is 5.94. The van der Waals surface area contributed by atoms with Gasteiger partial charge in [0, 0.05) is 13.3 Å². The topological polar surface area (TPSA) is 52.6 Å². The Morgan fingerprint density at radius 1 is 1.00 bits per heavy atom. The van der Waals surface area contributed by atoms with E-state index < -0.39 is 0 Å². The van der Waals surface area contributed by atoms with Gasteiger partial charge in [0.25, 0.3) is 0 Å². The van der Waals surface area contributed by atoms with Crippen molar-refractivity contribution in [3.05, 3.63) is 0 Å². The number of hydrogen-bond acceptors (Lipinski definition) is 4. The van der Waals surface area contributed by atoms with Gasteiger partial charge in [-0.1, -0.05) is 19.8 Å². The Morgan fingerprint density at radius 2 is 1.63 bits per heavy atom. The van der Waals surface area contributed by atoms with Crippen LogP contribution in [0.25, 0.3) is 0 Å². The van der Waals surface area contributed by atoms with Crippen LogP contribution >= 0.6 is 0 Å². The van der Waals surface area contributed by atoms with E-state index in [1.807, 2.05) is 13.8 Å². The lowest BCUT2D eigenvalue weighted by molar-refractivity contribution is -0.148. The van der Waals surface area contributed by atoms with E-state index in [4.69, 9.17) is 9.47 Å². The van der Waals surface area contributed by atoms with Gasteiger partial charge in [-0.25, -0.2) is 0 Å². The van der Waals surface area contributed by atoms with Crippen LogP contribution < -0.4 is 0 Å². The Labute approximate surface area is 116 Å². The zero-order valence-electron chi connectivity index (χ0n) is 12.7. The van der Waals surface area contributed by atoms with Crippen molar-refractivity contribution in [1.29, 1.82) is 0 Å². The van der Waals surface area contributed by atoms with E-state index in [9.17, 15) is 9.59 Å². The monoisotopic (exact) mass is 272 g/mol. The molecule has 0 saturated carbocycles. The Hall–Kier alpha value is -1.06. The Balaban J connectivity index is 3.90. The minimum absolute atomic E-state index is 0.0594. The smallest absolute Gasteiger partial charge is 0.306 e. The van der Waals surface area contributed by atoms with Crippen LogP contribution in [-0.2, 0) is 19.1 Å². The van der Waals surface area contributed by atoms with Gasteiger partial charge in [-0.3, -0.25) is 9.59 Å². The number of ether oxygens (including phenoxy) is 2. The molecule has 0 bridgehead atoms. The first-order valence-electron chi connectivity index (χ1n) is 7.32. The van der Waals surface area contributed by atoms with Gasteiger partial charge in [0.05, 0.1) is 6.10 Å². The summed E-state index contributed by atoms with van der Waals surface area (Å²) >= 11 is 0. The molecule has 4 heteroatoms. The molecule has 0 saturated heterocycles. The lowest BCUT2D eigenvalue weighted by Crippen LogP contribution is -2.17. The maximum Gasteiger partial charge on any atom is 0.306 e. The molecule has 1 atom stereocenters. The average Bonchev–Trinajstić information content (AvgIpc) is 2.27. The van der Waals surface area contributed by atoms with Gasteiger partial charge in [0.1, 0.15) is 6.10 Å². The molecule has 112 valence electrons. The standard InChI is InChI=1S/C15H28O4/c1-5-6-7-9-14(19-13(4)16)10-8-11-15(17)18-12(2)3/h12,14H,5-11H2,1-4H3. The van der Waals surface area contributed by atoms with Crippen molar-refractivity contribution in [2.45, 2.75) is 84.8 Å². The van der Waals surface area contributed by atoms with E-state index in [2.05, 4.69) is 6.92 Å². The summed E-state index contributed by atoms with van der Waals surface area (Å²) in [5.74, 6) is -0.420. The van der Waals surface area contributed by atoms with E-state index in [0.29, 0.717) is 12.8 Å². The highest BCUT2D eigenvalue weighted by molar-refractivity contribution is 5.69. The number of unbranched alkanes of at least 4 members (excludes halogenated alkanes) is 2. The van der Waals surface area contributed by atoms with Crippen LogP contribution in [-0.4, -0.2) is 24.1 Å². The largest absolute Gasteiger partial charge is 0.463 e. The van der Waals surface area contributed by atoms with Crippen molar-refractivity contribution < 1.29 is 19.1 Å². The van der Waals surface area contributed by atoms with Gasteiger partial charge in [0.15, 0.2) is 0 Å². The predicted molar refractivity (Wildman–Crippen MR) is 74.8 cm³/mol. The lowest BCUT2D eigenvalue weighted by Gasteiger charge is -2.16. The zero-order chi connectivity index (χ0) is 14.7. The maximum absolute atomic E-state index is 11.4. The molecule has 0 aromatic carbocycles. The lowest BCUT2D eigenvalue weighted by atomic mass is 10.1. The van der Waals surface area contributed by atoms with Crippen LogP contribution in [0.5, 0.6) is 0 Å². The fourth-order valence-electron chi connectivity index (χ4n) is 1.91. The second kappa shape index (κ2) is 10.8. The molecule has 0 radical (unpaired) electrons. The molecule has 1 unspecified atom stereocenters. The summed E-state index contributed by atoms with van der Waals surface area (Å²) in [6, 6.07) is 0. The second-order valence-electron chi connectivity index (χ2n) is 5.16. The number of carbonyl (C=O) groups excluding carboxylic acids is 2. The molecule has 0 heterocycles. The van der Waals surface area contributed by atoms with E-state index in [1.165, 1.54) is 6.92 Å². The SMILES string of the molecule is CCCCCC(CCCC(=O)OC(C)C)OC(C)=O. The molecule has 0 rings (SSSR count). The van der Waals surface area contributed by atoms with Gasteiger partial charge in [0.2, 0.25) is 0 Å². The van der Waals surface area contributed by atoms with E-state index >= 15 is 0 Å². The van der Waals surface area contributed by atoms with Crippen LogP contribution in [0.1, 0.15) is 72.6 Å². The molecular formula is C15H28O4. The van der Waals surface area contributed by atoms with Gasteiger partial charge >= 0.3 is 11.9 Å². The van der Waals surface area contributed by atoms with Crippen LogP contribution in [0.2, 0.25) is 0 Å². The number of rotatable bonds is 10. The Bertz CT molecular complexity index is 261. The highest BCUT2D eigenvalue weighted by atomic mass is 16.5. The number of carbonyl (C=O) groups is 2. The highest BCUT2D eigenvalue weighted by Crippen LogP contribution is 2.14. The fraction of sp³-hybridized carbons (Fsp3) is 0.867. The molecule has 0 amide bonds. The molecule has 0 aromatic heterocycles. The van der Waals surface area contributed by atoms with Gasteiger partial charge in [-0.2, -0.15) is 0 Å². The Morgan fingerprint density at radius 3 is 2.16 bits per heavy atom. The van der Waals surface area contributed by atoms with Crippen molar-refractivity contribution in [1.82, 2.24) is 0 Å². The molecule has 19 heavy (non-hydrogen) atoms. The predicted octanol–water partition coefficient (Wildman–Crippen LogP) is 3.62. The normalized spacial score (nSPS) is 12.3. The van der Waals surface area contributed by atoms with Crippen molar-refractivity contribution in [3.63, 3.8) is 0 Å². The second-order valence-corrected chi connectivity index (χ2v) is 5.16. The minimum atomic E-state index is -0.244. The Kier molecular flexibility index (Phi) is 10.2. The minimum Gasteiger partial charge on any atom is -0.463 e. The molecule has 4 nitrogen and oxygen atoms in total. The molecule has 0 fully saturated rings. The summed E-state index contributed by atoms with van der Waals surface area (Å²) in [5, 5.41) is 0. The summed E-state index contributed by atoms with van der Waals surface area (Å²) < 4.78 is 10.3. The molecule has 0 aliphatic heterocycles. The molecular weight excluding hydrogens is 244 g/mol. The first kappa shape index (κ1) is 17.9. The third-order valence-electron chi connectivity index (χ3n) is 2.74. The van der Waals surface area contributed by atoms with Gasteiger partial charge in [-0.15, -0.1) is 0 Å². The van der Waals surface area contributed by atoms with Crippen molar-refractivity contribution in [3.8, 4) is 0 Å². The quantitative estimate of drug-likeness (QED) is 0.450. The van der Waals surface area contributed by atoms with Crippen LogP contribution in [0.15, 0.2) is 0 Å². The number of hydrogen-bond donors (Lipinski definition) is 0. The average molecular weight is 272 g/mol. The van der Waals surface area contributed by atoms with Crippen LogP contribution in [0.3, 0.4) is 0 Å². The highest BCUT2D eigenvalue weighted by Gasteiger charge is 2.13. The number of esters is 2. The summed E-state index contributed by atoms with van der Waals surface area (Å²) in [5.41, 5.74) is 0. The van der Waals surface area contributed by atoms with Crippen molar-refractivity contribution >= 4 is 11.9 Å². The zero-order valence-corrected chi connectivity index (χ0v) is 12.7. The molecule has 0 N–H and O–H groups in total. The third kappa shape index (κ3) is 11.7. The van der Waals surface area contributed by atoms with E-state index in [-0.39, 0.29) is 24.1 Å². The summed E-state index contributed by atoms with van der Waals surface area (Å²) in [6.45, 7) is 7.25. The van der Waals surface area contributed by atoms with E-state index in [1.54, 1.807) is 0 Å². The van der Waals surface area contributed by atoms with Crippen LogP contribution in [0.4, 0.5) is 0 Å². The third-order valence-corrected chi connectivity index (χ3v) is 2.74. The molecule has 0 aromatic rings. The maximum atomic E-state index is 11.4. The van der Waals surface area contributed by atoms with Crippen LogP contribution in [0, 0.1) is 0 Å². The van der Waals surface area contributed by atoms with E-state index in [0.717, 1.165) is 32.1 Å². The van der Waals surface area contributed by atoms with Gasteiger partial charge < -0.3 is 9.47 Å². The summed E-state index contributed by atoms with van der Waals surface area (Å²) in [4.78, 5) is 22.4. The van der Waals surface area contributed by atoms with Crippen molar-refractivity contribution in [2.75, 3.05) is 0 Å². The first-order valence-corrected chi connectivity index (χ1v) is 7.32. The molecule has 0 aliphatic rings. The van der Waals surface area contributed by atoms with Crippen molar-refractivity contribution in [2.24, 2.45) is 0 Å².